The van der Waals surface area contributed by atoms with Gasteiger partial charge in [-0.2, -0.15) is 0 Å². The maximum absolute atomic E-state index is 2.40. The molecule has 0 saturated carbocycles. The van der Waals surface area contributed by atoms with Gasteiger partial charge in [0.15, 0.2) is 0 Å². The Morgan fingerprint density at radius 2 is 0.889 bits per heavy atom. The number of aromatic nitrogens is 1. The molecule has 9 aromatic rings. The van der Waals surface area contributed by atoms with Crippen LogP contribution in [0.15, 0.2) is 170 Å². The smallest absolute Gasteiger partial charge is 0.0541 e. The molecule has 212 valence electrons. The zero-order chi connectivity index (χ0) is 29.7. The molecule has 0 unspecified atom stereocenters. The van der Waals surface area contributed by atoms with Crippen LogP contribution in [0.4, 0.5) is 17.1 Å². The van der Waals surface area contributed by atoms with E-state index in [0.717, 1.165) is 17.1 Å². The van der Waals surface area contributed by atoms with Crippen LogP contribution in [0.25, 0.3) is 58.8 Å². The van der Waals surface area contributed by atoms with Crippen molar-refractivity contribution in [2.45, 2.75) is 0 Å². The Labute approximate surface area is 265 Å². The number of benzene rings is 7. The van der Waals surface area contributed by atoms with Crippen LogP contribution >= 0.6 is 11.3 Å². The highest BCUT2D eigenvalue weighted by atomic mass is 32.1. The third kappa shape index (κ3) is 4.32. The van der Waals surface area contributed by atoms with Crippen molar-refractivity contribution in [2.24, 2.45) is 0 Å². The molecule has 0 bridgehead atoms. The molecule has 2 heterocycles. The van der Waals surface area contributed by atoms with E-state index in [0.29, 0.717) is 0 Å². The molecule has 0 aliphatic carbocycles. The van der Waals surface area contributed by atoms with Crippen molar-refractivity contribution in [3.63, 3.8) is 0 Å². The minimum Gasteiger partial charge on any atom is -0.310 e. The van der Waals surface area contributed by atoms with Crippen LogP contribution in [0.3, 0.4) is 0 Å². The molecule has 0 aliphatic rings. The first-order valence-electron chi connectivity index (χ1n) is 15.3. The van der Waals surface area contributed by atoms with Gasteiger partial charge in [-0.3, -0.25) is 0 Å². The van der Waals surface area contributed by atoms with Gasteiger partial charge in [0.1, 0.15) is 0 Å². The van der Waals surface area contributed by atoms with Gasteiger partial charge in [0.05, 0.1) is 11.0 Å². The Hall–Kier alpha value is -5.64. The molecule has 2 aromatic heterocycles. The van der Waals surface area contributed by atoms with Crippen molar-refractivity contribution in [1.29, 1.82) is 0 Å². The van der Waals surface area contributed by atoms with Gasteiger partial charge in [0.25, 0.3) is 0 Å². The minimum atomic E-state index is 1.13. The van der Waals surface area contributed by atoms with E-state index < -0.39 is 0 Å². The Morgan fingerprint density at radius 3 is 1.58 bits per heavy atom. The minimum absolute atomic E-state index is 1.13. The number of hydrogen-bond acceptors (Lipinski definition) is 2. The third-order valence-corrected chi connectivity index (χ3v) is 9.93. The van der Waals surface area contributed by atoms with E-state index in [2.05, 4.69) is 179 Å². The van der Waals surface area contributed by atoms with Crippen LogP contribution in [0.2, 0.25) is 0 Å². The topological polar surface area (TPSA) is 8.17 Å². The Bertz CT molecular complexity index is 2420. The van der Waals surface area contributed by atoms with E-state index in [4.69, 9.17) is 0 Å². The highest BCUT2D eigenvalue weighted by Gasteiger charge is 2.17. The Balaban J connectivity index is 1.21. The molecule has 9 rings (SSSR count). The maximum Gasteiger partial charge on any atom is 0.0541 e. The molecule has 0 saturated heterocycles. The summed E-state index contributed by atoms with van der Waals surface area (Å²) in [5, 5.41) is 5.12. The van der Waals surface area contributed by atoms with Crippen molar-refractivity contribution in [1.82, 2.24) is 4.57 Å². The average Bonchev–Trinajstić information content (AvgIpc) is 3.65. The largest absolute Gasteiger partial charge is 0.310 e. The second kappa shape index (κ2) is 10.5. The second-order valence-corrected chi connectivity index (χ2v) is 12.5. The van der Waals surface area contributed by atoms with Crippen molar-refractivity contribution in [3.05, 3.63) is 170 Å². The zero-order valence-electron chi connectivity index (χ0n) is 24.5. The molecule has 0 amide bonds. The molecular weight excluding hydrogens is 565 g/mol. The van der Waals surface area contributed by atoms with Gasteiger partial charge in [0, 0.05) is 53.7 Å². The summed E-state index contributed by atoms with van der Waals surface area (Å²) >= 11 is 1.86. The summed E-state index contributed by atoms with van der Waals surface area (Å²) in [4.78, 5) is 2.36. The standard InChI is InChI=1S/C42H28N2S/c1-3-11-29(12-4-1)30-19-21-32(22-20-30)43(31-13-5-2-6-14-31)33-23-25-41-37(27-33)38-28-34(24-26-42(38)45-41)44-39-17-9-7-15-35(39)36-16-8-10-18-40(36)44/h1-28H. The molecule has 0 aliphatic heterocycles. The second-order valence-electron chi connectivity index (χ2n) is 11.4. The van der Waals surface area contributed by atoms with E-state index in [1.807, 2.05) is 11.3 Å². The number of fused-ring (bicyclic) bond motifs is 6. The Morgan fingerprint density at radius 1 is 0.378 bits per heavy atom. The van der Waals surface area contributed by atoms with E-state index in [1.165, 1.54) is 58.8 Å². The molecule has 0 N–H and O–H groups in total. The normalized spacial score (nSPS) is 11.6. The summed E-state index contributed by atoms with van der Waals surface area (Å²) in [5.41, 5.74) is 9.48. The molecule has 2 nitrogen and oxygen atoms in total. The maximum atomic E-state index is 2.40. The summed E-state index contributed by atoms with van der Waals surface area (Å²) in [6, 6.07) is 61.4. The van der Waals surface area contributed by atoms with Gasteiger partial charge in [-0.25, -0.2) is 0 Å². The summed E-state index contributed by atoms with van der Waals surface area (Å²) in [5.74, 6) is 0. The number of thiophene rings is 1. The lowest BCUT2D eigenvalue weighted by Gasteiger charge is -2.26. The molecule has 3 heteroatoms. The van der Waals surface area contributed by atoms with E-state index in [9.17, 15) is 0 Å². The molecular formula is C42H28N2S. The van der Waals surface area contributed by atoms with Crippen LogP contribution in [-0.4, -0.2) is 4.57 Å². The zero-order valence-corrected chi connectivity index (χ0v) is 25.3. The number of nitrogens with zero attached hydrogens (tertiary/aromatic N) is 2. The number of para-hydroxylation sites is 3. The summed E-state index contributed by atoms with van der Waals surface area (Å²) in [6.07, 6.45) is 0. The monoisotopic (exact) mass is 592 g/mol. The lowest BCUT2D eigenvalue weighted by Crippen LogP contribution is -2.09. The predicted octanol–water partition coefficient (Wildman–Crippen LogP) is 12.3. The number of rotatable bonds is 5. The van der Waals surface area contributed by atoms with Crippen LogP contribution in [0.5, 0.6) is 0 Å². The fourth-order valence-electron chi connectivity index (χ4n) is 6.69. The fourth-order valence-corrected chi connectivity index (χ4v) is 7.76. The third-order valence-electron chi connectivity index (χ3n) is 8.78. The number of hydrogen-bond donors (Lipinski definition) is 0. The van der Waals surface area contributed by atoms with Gasteiger partial charge in [-0.05, 0) is 83.9 Å². The first-order chi connectivity index (χ1) is 22.3. The molecule has 0 spiro atoms. The van der Waals surface area contributed by atoms with Gasteiger partial charge in [0.2, 0.25) is 0 Å². The lowest BCUT2D eigenvalue weighted by molar-refractivity contribution is 1.19. The molecule has 7 aromatic carbocycles. The SMILES string of the molecule is c1ccc(-c2ccc(N(c3ccccc3)c3ccc4sc5ccc(-n6c7ccccc7c7ccccc76)cc5c4c3)cc2)cc1. The van der Waals surface area contributed by atoms with Gasteiger partial charge in [-0.1, -0.05) is 97.1 Å². The summed E-state index contributed by atoms with van der Waals surface area (Å²) in [7, 11) is 0. The first-order valence-corrected chi connectivity index (χ1v) is 16.1. The van der Waals surface area contributed by atoms with Gasteiger partial charge >= 0.3 is 0 Å². The van der Waals surface area contributed by atoms with E-state index in [-0.39, 0.29) is 0 Å². The highest BCUT2D eigenvalue weighted by Crippen LogP contribution is 2.42. The Kier molecular flexibility index (Phi) is 6.03. The highest BCUT2D eigenvalue weighted by molar-refractivity contribution is 7.25. The molecule has 45 heavy (non-hydrogen) atoms. The fraction of sp³-hybridized carbons (Fsp3) is 0. The van der Waals surface area contributed by atoms with Crippen LogP contribution < -0.4 is 4.90 Å². The quantitative estimate of drug-likeness (QED) is 0.193. The van der Waals surface area contributed by atoms with Gasteiger partial charge < -0.3 is 9.47 Å². The average molecular weight is 593 g/mol. The van der Waals surface area contributed by atoms with E-state index >= 15 is 0 Å². The predicted molar refractivity (Wildman–Crippen MR) is 194 cm³/mol. The van der Waals surface area contributed by atoms with Crippen molar-refractivity contribution >= 4 is 70.4 Å². The van der Waals surface area contributed by atoms with E-state index in [1.54, 1.807) is 0 Å². The number of anilines is 3. The lowest BCUT2D eigenvalue weighted by atomic mass is 10.0. The molecule has 0 atom stereocenters. The molecule has 0 radical (unpaired) electrons. The van der Waals surface area contributed by atoms with Crippen molar-refractivity contribution in [3.8, 4) is 16.8 Å². The summed E-state index contributed by atoms with van der Waals surface area (Å²) in [6.45, 7) is 0. The van der Waals surface area contributed by atoms with Crippen LogP contribution in [0, 0.1) is 0 Å². The molecule has 0 fully saturated rings. The van der Waals surface area contributed by atoms with Crippen molar-refractivity contribution in [2.75, 3.05) is 4.90 Å². The van der Waals surface area contributed by atoms with Gasteiger partial charge in [-0.15, -0.1) is 11.3 Å². The van der Waals surface area contributed by atoms with Crippen LogP contribution in [0.1, 0.15) is 0 Å². The summed E-state index contributed by atoms with van der Waals surface area (Å²) < 4.78 is 4.99. The van der Waals surface area contributed by atoms with Crippen molar-refractivity contribution < 1.29 is 0 Å². The first kappa shape index (κ1) is 25.8. The van der Waals surface area contributed by atoms with Crippen LogP contribution in [-0.2, 0) is 0 Å².